The number of hydrogen-bond donors (Lipinski definition) is 2. The quantitative estimate of drug-likeness (QED) is 0.737. The molecule has 0 fully saturated rings. The number of carbonyl (C=O) groups excluding carboxylic acids is 1. The van der Waals surface area contributed by atoms with E-state index in [-0.39, 0.29) is 18.1 Å². The molecule has 0 radical (unpaired) electrons. The first-order valence-corrected chi connectivity index (χ1v) is 5.49. The Labute approximate surface area is 103 Å². The summed E-state index contributed by atoms with van der Waals surface area (Å²) >= 11 is 0. The van der Waals surface area contributed by atoms with Gasteiger partial charge in [-0.2, -0.15) is 0 Å². The van der Waals surface area contributed by atoms with E-state index in [1.807, 2.05) is 6.92 Å². The Morgan fingerprint density at radius 1 is 1.61 bits per heavy atom. The van der Waals surface area contributed by atoms with E-state index in [2.05, 4.69) is 20.8 Å². The van der Waals surface area contributed by atoms with Crippen LogP contribution in [0.15, 0.2) is 16.8 Å². The van der Waals surface area contributed by atoms with E-state index in [1.165, 1.54) is 4.68 Å². The van der Waals surface area contributed by atoms with Crippen LogP contribution in [0.2, 0.25) is 0 Å². The zero-order valence-electron chi connectivity index (χ0n) is 9.96. The van der Waals surface area contributed by atoms with Crippen molar-refractivity contribution in [2.45, 2.75) is 20.0 Å². The summed E-state index contributed by atoms with van der Waals surface area (Å²) in [5.41, 5.74) is 6.40. The lowest BCUT2D eigenvalue weighted by molar-refractivity contribution is 0.0942. The highest BCUT2D eigenvalue weighted by Gasteiger charge is 2.11. The number of hydrogen-bond acceptors (Lipinski definition) is 6. The Morgan fingerprint density at radius 2 is 2.44 bits per heavy atom. The number of nitrogens with zero attached hydrogens (tertiary/aromatic N) is 4. The van der Waals surface area contributed by atoms with Crippen molar-refractivity contribution in [2.75, 3.05) is 6.54 Å². The summed E-state index contributed by atoms with van der Waals surface area (Å²) in [6.45, 7) is 3.06. The molecule has 2 aromatic rings. The Hall–Kier alpha value is -2.22. The fourth-order valence-corrected chi connectivity index (χ4v) is 1.40. The predicted octanol–water partition coefficient (Wildman–Crippen LogP) is -0.537. The molecule has 0 bridgehead atoms. The van der Waals surface area contributed by atoms with Crippen LogP contribution in [0, 0.1) is 6.92 Å². The zero-order valence-corrected chi connectivity index (χ0v) is 9.96. The molecule has 0 aromatic carbocycles. The normalized spacial score (nSPS) is 10.6. The van der Waals surface area contributed by atoms with Gasteiger partial charge in [0.2, 0.25) is 0 Å². The fraction of sp³-hybridized carbons (Fsp3) is 0.400. The Morgan fingerprint density at radius 3 is 3.11 bits per heavy atom. The first-order valence-electron chi connectivity index (χ1n) is 5.49. The standard InChI is InChI=1S/C10H14N6O2/c1-7-4-8(18-14-7)5-12-10(17)9-6-16(3-2-11)15-13-9/h4,6H,2-3,5,11H2,1H3,(H,12,17). The maximum Gasteiger partial charge on any atom is 0.273 e. The average Bonchev–Trinajstić information content (AvgIpc) is 2.96. The molecule has 2 rings (SSSR count). The molecule has 0 aliphatic heterocycles. The van der Waals surface area contributed by atoms with Gasteiger partial charge in [-0.05, 0) is 6.92 Å². The van der Waals surface area contributed by atoms with Gasteiger partial charge in [-0.1, -0.05) is 10.4 Å². The molecule has 0 aliphatic rings. The van der Waals surface area contributed by atoms with E-state index >= 15 is 0 Å². The number of aromatic nitrogens is 4. The van der Waals surface area contributed by atoms with E-state index in [0.29, 0.717) is 18.8 Å². The first kappa shape index (κ1) is 12.2. The van der Waals surface area contributed by atoms with Crippen LogP contribution >= 0.6 is 0 Å². The van der Waals surface area contributed by atoms with Gasteiger partial charge in [0, 0.05) is 12.6 Å². The minimum absolute atomic E-state index is 0.250. The molecular formula is C10H14N6O2. The molecule has 0 atom stereocenters. The second-order valence-electron chi connectivity index (χ2n) is 3.77. The van der Waals surface area contributed by atoms with Crippen molar-refractivity contribution in [1.82, 2.24) is 25.5 Å². The molecule has 2 heterocycles. The van der Waals surface area contributed by atoms with Crippen LogP contribution in [-0.2, 0) is 13.1 Å². The summed E-state index contributed by atoms with van der Waals surface area (Å²) in [6, 6.07) is 1.76. The zero-order chi connectivity index (χ0) is 13.0. The molecule has 1 amide bonds. The number of carbonyl (C=O) groups is 1. The highest BCUT2D eigenvalue weighted by molar-refractivity contribution is 5.91. The van der Waals surface area contributed by atoms with E-state index in [0.717, 1.165) is 5.69 Å². The minimum Gasteiger partial charge on any atom is -0.359 e. The molecule has 18 heavy (non-hydrogen) atoms. The molecule has 2 aromatic heterocycles. The molecule has 0 spiro atoms. The Kier molecular flexibility index (Phi) is 3.68. The van der Waals surface area contributed by atoms with Crippen LogP contribution in [0.1, 0.15) is 21.9 Å². The summed E-state index contributed by atoms with van der Waals surface area (Å²) in [5, 5.41) is 13.9. The summed E-state index contributed by atoms with van der Waals surface area (Å²) in [5.74, 6) is 0.280. The highest BCUT2D eigenvalue weighted by Crippen LogP contribution is 2.02. The van der Waals surface area contributed by atoms with Gasteiger partial charge in [-0.3, -0.25) is 9.48 Å². The third-order valence-electron chi connectivity index (χ3n) is 2.23. The van der Waals surface area contributed by atoms with Crippen LogP contribution in [-0.4, -0.2) is 32.6 Å². The van der Waals surface area contributed by atoms with E-state index < -0.39 is 0 Å². The van der Waals surface area contributed by atoms with Crippen LogP contribution in [0.5, 0.6) is 0 Å². The minimum atomic E-state index is -0.313. The predicted molar refractivity (Wildman–Crippen MR) is 61.5 cm³/mol. The van der Waals surface area contributed by atoms with Gasteiger partial charge in [-0.25, -0.2) is 0 Å². The Balaban J connectivity index is 1.90. The van der Waals surface area contributed by atoms with E-state index in [9.17, 15) is 4.79 Å². The Bertz CT molecular complexity index is 532. The van der Waals surface area contributed by atoms with Crippen molar-refractivity contribution >= 4 is 5.91 Å². The molecular weight excluding hydrogens is 236 g/mol. The molecule has 0 aliphatic carbocycles. The molecule has 0 saturated carbocycles. The summed E-state index contributed by atoms with van der Waals surface area (Å²) in [4.78, 5) is 11.7. The maximum atomic E-state index is 11.7. The third kappa shape index (κ3) is 2.92. The molecule has 96 valence electrons. The third-order valence-corrected chi connectivity index (χ3v) is 2.23. The lowest BCUT2D eigenvalue weighted by atomic mass is 10.3. The number of rotatable bonds is 5. The van der Waals surface area contributed by atoms with Gasteiger partial charge >= 0.3 is 0 Å². The number of nitrogens with two attached hydrogens (primary N) is 1. The average molecular weight is 250 g/mol. The lowest BCUT2D eigenvalue weighted by Gasteiger charge is -1.98. The van der Waals surface area contributed by atoms with Crippen LogP contribution in [0.4, 0.5) is 0 Å². The van der Waals surface area contributed by atoms with Gasteiger partial charge in [0.05, 0.1) is 25.0 Å². The molecule has 0 unspecified atom stereocenters. The van der Waals surface area contributed by atoms with Crippen LogP contribution in [0.3, 0.4) is 0 Å². The van der Waals surface area contributed by atoms with E-state index in [4.69, 9.17) is 10.3 Å². The molecule has 3 N–H and O–H groups in total. The molecule has 8 heteroatoms. The van der Waals surface area contributed by atoms with Gasteiger partial charge in [0.25, 0.3) is 5.91 Å². The summed E-state index contributed by atoms with van der Waals surface area (Å²) in [7, 11) is 0. The molecule has 0 saturated heterocycles. The van der Waals surface area contributed by atoms with Crippen LogP contribution < -0.4 is 11.1 Å². The fourth-order valence-electron chi connectivity index (χ4n) is 1.40. The van der Waals surface area contributed by atoms with Crippen molar-refractivity contribution in [1.29, 1.82) is 0 Å². The number of amides is 1. The van der Waals surface area contributed by atoms with E-state index in [1.54, 1.807) is 12.3 Å². The van der Waals surface area contributed by atoms with Gasteiger partial charge in [-0.15, -0.1) is 5.10 Å². The number of nitrogens with one attached hydrogen (secondary N) is 1. The SMILES string of the molecule is Cc1cc(CNC(=O)c2cn(CCN)nn2)on1. The largest absolute Gasteiger partial charge is 0.359 e. The van der Waals surface area contributed by atoms with Crippen molar-refractivity contribution in [3.8, 4) is 0 Å². The molecule has 8 nitrogen and oxygen atoms in total. The van der Waals surface area contributed by atoms with Crippen molar-refractivity contribution < 1.29 is 9.32 Å². The van der Waals surface area contributed by atoms with Gasteiger partial charge in [0.15, 0.2) is 11.5 Å². The van der Waals surface area contributed by atoms with Crippen LogP contribution in [0.25, 0.3) is 0 Å². The maximum absolute atomic E-state index is 11.7. The monoisotopic (exact) mass is 250 g/mol. The second kappa shape index (κ2) is 5.41. The summed E-state index contributed by atoms with van der Waals surface area (Å²) < 4.78 is 6.49. The lowest BCUT2D eigenvalue weighted by Crippen LogP contribution is -2.23. The number of aryl methyl sites for hydroxylation is 1. The smallest absolute Gasteiger partial charge is 0.273 e. The first-order chi connectivity index (χ1) is 8.69. The van der Waals surface area contributed by atoms with Crippen molar-refractivity contribution in [3.05, 3.63) is 29.4 Å². The van der Waals surface area contributed by atoms with Crippen molar-refractivity contribution in [2.24, 2.45) is 5.73 Å². The van der Waals surface area contributed by atoms with Gasteiger partial charge in [0.1, 0.15) is 0 Å². The van der Waals surface area contributed by atoms with Crippen molar-refractivity contribution in [3.63, 3.8) is 0 Å². The van der Waals surface area contributed by atoms with Gasteiger partial charge < -0.3 is 15.6 Å². The topological polar surface area (TPSA) is 112 Å². The second-order valence-corrected chi connectivity index (χ2v) is 3.77. The highest BCUT2D eigenvalue weighted by atomic mass is 16.5. The summed E-state index contributed by atoms with van der Waals surface area (Å²) in [6.07, 6.45) is 1.55.